The van der Waals surface area contributed by atoms with Gasteiger partial charge in [0.15, 0.2) is 5.96 Å². The predicted molar refractivity (Wildman–Crippen MR) is 59.4 cm³/mol. The van der Waals surface area contributed by atoms with Crippen LogP contribution in [0.25, 0.3) is 0 Å². The molecule has 0 aliphatic carbocycles. The Morgan fingerprint density at radius 2 is 2.44 bits per heavy atom. The number of guanidine groups is 1. The molecular weight excluding hydrogens is 208 g/mol. The molecular formula is C9H14N6O. The van der Waals surface area contributed by atoms with Gasteiger partial charge in [-0.25, -0.2) is 4.99 Å². The average Bonchev–Trinajstić information content (AvgIpc) is 2.56. The minimum atomic E-state index is -0.523. The maximum absolute atomic E-state index is 11.8. The second-order valence-corrected chi connectivity index (χ2v) is 3.72. The third kappa shape index (κ3) is 1.40. The molecule has 0 aromatic rings. The average molecular weight is 222 g/mol. The number of fused-ring (bicyclic) bond motifs is 1. The summed E-state index contributed by atoms with van der Waals surface area (Å²) in [6, 6.07) is 0. The molecule has 0 bridgehead atoms. The lowest BCUT2D eigenvalue weighted by atomic mass is 9.97. The number of carbonyl (C=O) groups excluding carboxylic acids is 1. The van der Waals surface area contributed by atoms with Crippen LogP contribution in [-0.4, -0.2) is 35.3 Å². The van der Waals surface area contributed by atoms with E-state index >= 15 is 0 Å². The Morgan fingerprint density at radius 1 is 1.75 bits per heavy atom. The van der Waals surface area contributed by atoms with E-state index in [0.717, 1.165) is 0 Å². The molecule has 6 N–H and O–H groups in total. The minimum Gasteiger partial charge on any atom is -0.384 e. The number of amidine groups is 1. The molecule has 2 heterocycles. The van der Waals surface area contributed by atoms with Crippen molar-refractivity contribution in [2.45, 2.75) is 13.1 Å². The molecule has 2 unspecified atom stereocenters. The summed E-state index contributed by atoms with van der Waals surface area (Å²) in [4.78, 5) is 17.8. The predicted octanol–water partition coefficient (Wildman–Crippen LogP) is -1.47. The zero-order chi connectivity index (χ0) is 11.9. The van der Waals surface area contributed by atoms with Gasteiger partial charge in [-0.15, -0.1) is 0 Å². The smallest absolute Gasteiger partial charge is 0.238 e. The fourth-order valence-electron chi connectivity index (χ4n) is 2.01. The molecule has 7 heteroatoms. The zero-order valence-electron chi connectivity index (χ0n) is 8.90. The number of nitrogens with zero attached hydrogens (tertiary/aromatic N) is 2. The molecule has 0 fully saturated rings. The second-order valence-electron chi connectivity index (χ2n) is 3.72. The summed E-state index contributed by atoms with van der Waals surface area (Å²) in [5.41, 5.74) is 11.5. The van der Waals surface area contributed by atoms with Gasteiger partial charge in [0.1, 0.15) is 17.9 Å². The van der Waals surface area contributed by atoms with E-state index in [1.54, 1.807) is 6.20 Å². The Balaban J connectivity index is 2.41. The van der Waals surface area contributed by atoms with Crippen LogP contribution in [0.1, 0.15) is 6.92 Å². The van der Waals surface area contributed by atoms with Crippen molar-refractivity contribution in [2.75, 3.05) is 6.54 Å². The number of carbonyl (C=O) groups is 1. The van der Waals surface area contributed by atoms with Gasteiger partial charge in [0, 0.05) is 18.3 Å². The summed E-state index contributed by atoms with van der Waals surface area (Å²) < 4.78 is 0. The largest absolute Gasteiger partial charge is 0.384 e. The van der Waals surface area contributed by atoms with Crippen LogP contribution in [0, 0.1) is 11.3 Å². The third-order valence-electron chi connectivity index (χ3n) is 2.76. The van der Waals surface area contributed by atoms with Crippen molar-refractivity contribution in [2.24, 2.45) is 22.4 Å². The van der Waals surface area contributed by atoms with Gasteiger partial charge in [-0.1, -0.05) is 0 Å². The fourth-order valence-corrected chi connectivity index (χ4v) is 2.01. The van der Waals surface area contributed by atoms with Crippen molar-refractivity contribution in [1.29, 1.82) is 5.41 Å². The van der Waals surface area contributed by atoms with E-state index in [9.17, 15) is 4.79 Å². The van der Waals surface area contributed by atoms with E-state index in [2.05, 4.69) is 10.3 Å². The molecule has 0 aromatic heterocycles. The molecule has 2 rings (SSSR count). The topological polar surface area (TPSA) is 121 Å². The molecule has 2 aliphatic rings. The summed E-state index contributed by atoms with van der Waals surface area (Å²) in [6.45, 7) is 2.62. The zero-order valence-corrected chi connectivity index (χ0v) is 8.90. The molecule has 1 amide bonds. The minimum absolute atomic E-state index is 0.100. The van der Waals surface area contributed by atoms with Gasteiger partial charge in [-0.3, -0.25) is 15.5 Å². The van der Waals surface area contributed by atoms with Crippen molar-refractivity contribution >= 4 is 17.7 Å². The van der Waals surface area contributed by atoms with Crippen molar-refractivity contribution in [1.82, 2.24) is 10.2 Å². The summed E-state index contributed by atoms with van der Waals surface area (Å²) in [5, 5.41) is 9.89. The highest BCUT2D eigenvalue weighted by Gasteiger charge is 2.43. The first-order valence-corrected chi connectivity index (χ1v) is 5.00. The first-order chi connectivity index (χ1) is 7.54. The van der Waals surface area contributed by atoms with Gasteiger partial charge in [0.05, 0.1) is 0 Å². The normalized spacial score (nSPS) is 28.1. The molecule has 16 heavy (non-hydrogen) atoms. The number of nitrogens with two attached hydrogens (primary N) is 2. The molecule has 0 saturated heterocycles. The first-order valence-electron chi connectivity index (χ1n) is 5.00. The Kier molecular flexibility index (Phi) is 2.30. The van der Waals surface area contributed by atoms with E-state index < -0.39 is 5.92 Å². The number of rotatable bonds is 2. The highest BCUT2D eigenvalue weighted by atomic mass is 16.2. The highest BCUT2D eigenvalue weighted by molar-refractivity contribution is 6.07. The molecule has 0 radical (unpaired) electrons. The highest BCUT2D eigenvalue weighted by Crippen LogP contribution is 2.30. The van der Waals surface area contributed by atoms with Crippen LogP contribution in [0.4, 0.5) is 0 Å². The lowest BCUT2D eigenvalue weighted by molar-refractivity contribution is -0.123. The van der Waals surface area contributed by atoms with E-state index in [1.807, 2.05) is 11.8 Å². The molecule has 86 valence electrons. The summed E-state index contributed by atoms with van der Waals surface area (Å²) in [6.07, 6.45) is 1.34. The molecule has 0 aromatic carbocycles. The van der Waals surface area contributed by atoms with E-state index in [1.165, 1.54) is 0 Å². The van der Waals surface area contributed by atoms with Crippen LogP contribution < -0.4 is 16.8 Å². The van der Waals surface area contributed by atoms with Gasteiger partial charge in [-0.05, 0) is 6.92 Å². The van der Waals surface area contributed by atoms with Crippen molar-refractivity contribution in [3.63, 3.8) is 0 Å². The number of hydrogen-bond donors (Lipinski definition) is 4. The number of aliphatic imine (C=N–C) groups is 1. The Labute approximate surface area is 92.7 Å². The standard InChI is InChI=1S/C9H14N6O/c1-2-15-3-4(6(10)11)5-7(15)13-9(12)14-8(5)16/h3,5,7H,2H2,1H3,(H3,10,11)(H3,12,13,14,16). The van der Waals surface area contributed by atoms with Crippen LogP contribution in [0.2, 0.25) is 0 Å². The maximum Gasteiger partial charge on any atom is 0.238 e. The molecule has 0 saturated carbocycles. The lowest BCUT2D eigenvalue weighted by Gasteiger charge is -2.29. The van der Waals surface area contributed by atoms with Crippen molar-refractivity contribution in [3.8, 4) is 0 Å². The lowest BCUT2D eigenvalue weighted by Crippen LogP contribution is -2.52. The van der Waals surface area contributed by atoms with Crippen LogP contribution in [0.3, 0.4) is 0 Å². The van der Waals surface area contributed by atoms with E-state index in [4.69, 9.17) is 16.9 Å². The quantitative estimate of drug-likeness (QED) is 0.336. The summed E-state index contributed by atoms with van der Waals surface area (Å²) in [5.74, 6) is -0.765. The SMILES string of the molecule is CCN1C=C(C(=N)N)C2C(=O)NC(N)=NC21. The van der Waals surface area contributed by atoms with Crippen LogP contribution in [0.5, 0.6) is 0 Å². The number of hydrogen-bond acceptors (Lipinski definition) is 5. The van der Waals surface area contributed by atoms with Gasteiger partial charge >= 0.3 is 0 Å². The fraction of sp³-hybridized carbons (Fsp3) is 0.444. The maximum atomic E-state index is 11.8. The molecule has 2 atom stereocenters. The molecule has 2 aliphatic heterocycles. The first kappa shape index (κ1) is 10.5. The van der Waals surface area contributed by atoms with Crippen LogP contribution in [-0.2, 0) is 4.79 Å². The summed E-state index contributed by atoms with van der Waals surface area (Å²) >= 11 is 0. The summed E-state index contributed by atoms with van der Waals surface area (Å²) in [7, 11) is 0. The van der Waals surface area contributed by atoms with Gasteiger partial charge in [-0.2, -0.15) is 0 Å². The number of nitrogens with one attached hydrogen (secondary N) is 2. The Hall–Kier alpha value is -2.05. The Morgan fingerprint density at radius 3 is 3.00 bits per heavy atom. The van der Waals surface area contributed by atoms with E-state index in [0.29, 0.717) is 12.1 Å². The van der Waals surface area contributed by atoms with Crippen LogP contribution in [0.15, 0.2) is 16.8 Å². The third-order valence-corrected chi connectivity index (χ3v) is 2.76. The van der Waals surface area contributed by atoms with Gasteiger partial charge < -0.3 is 16.4 Å². The van der Waals surface area contributed by atoms with Crippen molar-refractivity contribution < 1.29 is 4.79 Å². The molecule has 0 spiro atoms. The Bertz CT molecular complexity index is 412. The second kappa shape index (κ2) is 3.51. The monoisotopic (exact) mass is 222 g/mol. The number of amides is 1. The van der Waals surface area contributed by atoms with Crippen LogP contribution >= 0.6 is 0 Å². The van der Waals surface area contributed by atoms with Gasteiger partial charge in [0.25, 0.3) is 0 Å². The van der Waals surface area contributed by atoms with Gasteiger partial charge in [0.2, 0.25) is 5.91 Å². The molecule has 7 nitrogen and oxygen atoms in total. The van der Waals surface area contributed by atoms with E-state index in [-0.39, 0.29) is 23.9 Å². The van der Waals surface area contributed by atoms with Crippen molar-refractivity contribution in [3.05, 3.63) is 11.8 Å².